The summed E-state index contributed by atoms with van der Waals surface area (Å²) in [5.41, 5.74) is 0.446. The van der Waals surface area contributed by atoms with Crippen LogP contribution in [-0.4, -0.2) is 37.1 Å². The lowest BCUT2D eigenvalue weighted by molar-refractivity contribution is 0.165. The van der Waals surface area contributed by atoms with Crippen LogP contribution >= 0.6 is 0 Å². The van der Waals surface area contributed by atoms with Gasteiger partial charge in [-0.1, -0.05) is 47.5 Å². The normalized spacial score (nSPS) is 24.7. The molecule has 2 nitrogen and oxygen atoms in total. The molecule has 1 heterocycles. The van der Waals surface area contributed by atoms with Gasteiger partial charge in [-0.25, -0.2) is 0 Å². The Hall–Kier alpha value is -0.0800. The maximum absolute atomic E-state index is 3.64. The van der Waals surface area contributed by atoms with Crippen LogP contribution in [0, 0.1) is 11.3 Å². The van der Waals surface area contributed by atoms with Gasteiger partial charge in [-0.3, -0.25) is 0 Å². The molecule has 2 heteroatoms. The molecule has 0 radical (unpaired) electrons. The number of hydrogen-bond acceptors (Lipinski definition) is 2. The van der Waals surface area contributed by atoms with E-state index in [2.05, 4.69) is 44.8 Å². The Labute approximate surface area is 115 Å². The van der Waals surface area contributed by atoms with E-state index in [9.17, 15) is 0 Å². The largest absolute Gasteiger partial charge is 0.314 e. The van der Waals surface area contributed by atoms with Crippen molar-refractivity contribution in [3.8, 4) is 0 Å². The summed E-state index contributed by atoms with van der Waals surface area (Å²) in [4.78, 5) is 2.70. The minimum Gasteiger partial charge on any atom is -0.314 e. The molecule has 0 amide bonds. The molecule has 1 fully saturated rings. The third kappa shape index (κ3) is 5.27. The molecule has 0 aliphatic carbocycles. The fourth-order valence-electron chi connectivity index (χ4n) is 3.21. The highest BCUT2D eigenvalue weighted by molar-refractivity contribution is 4.85. The van der Waals surface area contributed by atoms with Crippen LogP contribution in [0.1, 0.15) is 60.3 Å². The van der Waals surface area contributed by atoms with Crippen molar-refractivity contribution in [2.75, 3.05) is 26.2 Å². The average molecular weight is 254 g/mol. The summed E-state index contributed by atoms with van der Waals surface area (Å²) in [6.45, 7) is 16.7. The van der Waals surface area contributed by atoms with E-state index in [0.717, 1.165) is 12.5 Å². The maximum atomic E-state index is 3.64. The van der Waals surface area contributed by atoms with Gasteiger partial charge in [0.25, 0.3) is 0 Å². The number of nitrogens with zero attached hydrogens (tertiary/aromatic N) is 1. The van der Waals surface area contributed by atoms with Crippen molar-refractivity contribution in [3.05, 3.63) is 0 Å². The van der Waals surface area contributed by atoms with E-state index in [0.29, 0.717) is 11.5 Å². The Bertz CT molecular complexity index is 227. The van der Waals surface area contributed by atoms with E-state index < -0.39 is 0 Å². The minimum atomic E-state index is 0.446. The van der Waals surface area contributed by atoms with Gasteiger partial charge in [-0.05, 0) is 30.7 Å². The van der Waals surface area contributed by atoms with Crippen LogP contribution in [0.25, 0.3) is 0 Å². The second kappa shape index (κ2) is 7.49. The Kier molecular flexibility index (Phi) is 6.65. The SMILES string of the molecule is CCCC(C)(CNC(C)C)CN1CCC(CC)C1. The number of hydrogen-bond donors (Lipinski definition) is 1. The first-order valence-corrected chi connectivity index (χ1v) is 7.95. The first-order chi connectivity index (χ1) is 8.49. The molecule has 0 aromatic rings. The Morgan fingerprint density at radius 3 is 2.56 bits per heavy atom. The first kappa shape index (κ1) is 16.0. The molecule has 108 valence electrons. The van der Waals surface area contributed by atoms with Crippen molar-refractivity contribution < 1.29 is 0 Å². The Morgan fingerprint density at radius 1 is 1.33 bits per heavy atom. The van der Waals surface area contributed by atoms with Gasteiger partial charge in [0.15, 0.2) is 0 Å². The Morgan fingerprint density at radius 2 is 2.06 bits per heavy atom. The molecule has 0 saturated carbocycles. The van der Waals surface area contributed by atoms with E-state index in [1.807, 2.05) is 0 Å². The maximum Gasteiger partial charge on any atom is 0.00476 e. The second-order valence-electron chi connectivity index (χ2n) is 6.89. The second-order valence-corrected chi connectivity index (χ2v) is 6.89. The molecule has 1 rings (SSSR count). The molecule has 1 aliphatic rings. The molecule has 0 bridgehead atoms. The van der Waals surface area contributed by atoms with Crippen LogP contribution in [0.3, 0.4) is 0 Å². The van der Waals surface area contributed by atoms with E-state index in [1.165, 1.54) is 45.3 Å². The summed E-state index contributed by atoms with van der Waals surface area (Å²) in [5.74, 6) is 0.953. The zero-order chi connectivity index (χ0) is 13.6. The van der Waals surface area contributed by atoms with Gasteiger partial charge in [-0.2, -0.15) is 0 Å². The quantitative estimate of drug-likeness (QED) is 0.713. The molecule has 2 unspecified atom stereocenters. The third-order valence-electron chi connectivity index (χ3n) is 4.34. The molecule has 1 N–H and O–H groups in total. The first-order valence-electron chi connectivity index (χ1n) is 7.95. The molecular formula is C16H34N2. The van der Waals surface area contributed by atoms with Crippen molar-refractivity contribution in [2.24, 2.45) is 11.3 Å². The van der Waals surface area contributed by atoms with Crippen molar-refractivity contribution in [1.82, 2.24) is 10.2 Å². The van der Waals surface area contributed by atoms with Crippen LogP contribution in [-0.2, 0) is 0 Å². The summed E-state index contributed by atoms with van der Waals surface area (Å²) in [6.07, 6.45) is 5.39. The highest BCUT2D eigenvalue weighted by Gasteiger charge is 2.30. The van der Waals surface area contributed by atoms with Crippen LogP contribution in [0.5, 0.6) is 0 Å². The summed E-state index contributed by atoms with van der Waals surface area (Å²) < 4.78 is 0. The molecule has 2 atom stereocenters. The third-order valence-corrected chi connectivity index (χ3v) is 4.34. The highest BCUT2D eigenvalue weighted by Crippen LogP contribution is 2.28. The fourth-order valence-corrected chi connectivity index (χ4v) is 3.21. The van der Waals surface area contributed by atoms with Gasteiger partial charge < -0.3 is 10.2 Å². The van der Waals surface area contributed by atoms with Crippen LogP contribution < -0.4 is 5.32 Å². The summed E-state index contributed by atoms with van der Waals surface area (Å²) in [6, 6.07) is 0.600. The van der Waals surface area contributed by atoms with E-state index >= 15 is 0 Å². The fraction of sp³-hybridized carbons (Fsp3) is 1.00. The van der Waals surface area contributed by atoms with Crippen molar-refractivity contribution in [2.45, 2.75) is 66.3 Å². The predicted molar refractivity (Wildman–Crippen MR) is 81.0 cm³/mol. The van der Waals surface area contributed by atoms with Crippen LogP contribution in [0.2, 0.25) is 0 Å². The number of rotatable bonds is 8. The predicted octanol–water partition coefficient (Wildman–Crippen LogP) is 3.52. The average Bonchev–Trinajstić information content (AvgIpc) is 2.74. The lowest BCUT2D eigenvalue weighted by Gasteiger charge is -2.35. The monoisotopic (exact) mass is 254 g/mol. The molecule has 1 aliphatic heterocycles. The topological polar surface area (TPSA) is 15.3 Å². The van der Waals surface area contributed by atoms with Gasteiger partial charge in [0.1, 0.15) is 0 Å². The smallest absolute Gasteiger partial charge is 0.00476 e. The standard InChI is InChI=1S/C16H34N2/c1-6-9-16(5,12-17-14(3)4)13-18-10-8-15(7-2)11-18/h14-15,17H,6-13H2,1-5H3. The van der Waals surface area contributed by atoms with Crippen LogP contribution in [0.15, 0.2) is 0 Å². The summed E-state index contributed by atoms with van der Waals surface area (Å²) in [7, 11) is 0. The van der Waals surface area contributed by atoms with E-state index in [-0.39, 0.29) is 0 Å². The van der Waals surface area contributed by atoms with Crippen molar-refractivity contribution in [1.29, 1.82) is 0 Å². The zero-order valence-corrected chi connectivity index (χ0v) is 13.3. The number of nitrogens with one attached hydrogen (secondary N) is 1. The Balaban J connectivity index is 2.45. The van der Waals surface area contributed by atoms with Gasteiger partial charge >= 0.3 is 0 Å². The molecule has 1 saturated heterocycles. The zero-order valence-electron chi connectivity index (χ0n) is 13.3. The number of likely N-dealkylation sites (tertiary alicyclic amines) is 1. The van der Waals surface area contributed by atoms with Crippen molar-refractivity contribution in [3.63, 3.8) is 0 Å². The minimum absolute atomic E-state index is 0.446. The lowest BCUT2D eigenvalue weighted by atomic mass is 9.84. The highest BCUT2D eigenvalue weighted by atomic mass is 15.2. The van der Waals surface area contributed by atoms with Crippen LogP contribution in [0.4, 0.5) is 0 Å². The van der Waals surface area contributed by atoms with E-state index in [4.69, 9.17) is 0 Å². The molecule has 0 aromatic carbocycles. The molecule has 18 heavy (non-hydrogen) atoms. The summed E-state index contributed by atoms with van der Waals surface area (Å²) in [5, 5.41) is 3.64. The molecule has 0 spiro atoms. The van der Waals surface area contributed by atoms with Gasteiger partial charge in [0, 0.05) is 25.7 Å². The van der Waals surface area contributed by atoms with Gasteiger partial charge in [0.2, 0.25) is 0 Å². The molecule has 0 aromatic heterocycles. The van der Waals surface area contributed by atoms with Gasteiger partial charge in [-0.15, -0.1) is 0 Å². The van der Waals surface area contributed by atoms with Crippen molar-refractivity contribution >= 4 is 0 Å². The molecular weight excluding hydrogens is 220 g/mol. The lowest BCUT2D eigenvalue weighted by Crippen LogP contribution is -2.43. The van der Waals surface area contributed by atoms with E-state index in [1.54, 1.807) is 0 Å². The summed E-state index contributed by atoms with van der Waals surface area (Å²) >= 11 is 0. The van der Waals surface area contributed by atoms with Gasteiger partial charge in [0.05, 0.1) is 0 Å².